The Morgan fingerprint density at radius 2 is 1.96 bits per heavy atom. The zero-order valence-corrected chi connectivity index (χ0v) is 13.2. The van der Waals surface area contributed by atoms with Gasteiger partial charge in [0, 0.05) is 31.0 Å². The number of phenols is 1. The zero-order chi connectivity index (χ0) is 16.2. The molecule has 0 aliphatic heterocycles. The summed E-state index contributed by atoms with van der Waals surface area (Å²) in [5.74, 6) is 1.20. The van der Waals surface area contributed by atoms with Crippen molar-refractivity contribution < 1.29 is 5.11 Å². The molecule has 0 saturated heterocycles. The highest BCUT2D eigenvalue weighted by Crippen LogP contribution is 2.31. The van der Waals surface area contributed by atoms with Gasteiger partial charge >= 0.3 is 0 Å². The number of nitrogens with zero attached hydrogens (tertiary/aromatic N) is 4. The predicted octanol–water partition coefficient (Wildman–Crippen LogP) is 3.09. The number of H-pyrrole nitrogens is 1. The van der Waals surface area contributed by atoms with Crippen LogP contribution in [-0.2, 0) is 0 Å². The highest BCUT2D eigenvalue weighted by atomic mass is 16.3. The predicted molar refractivity (Wildman–Crippen MR) is 90.3 cm³/mol. The van der Waals surface area contributed by atoms with Crippen LogP contribution in [0.2, 0.25) is 0 Å². The van der Waals surface area contributed by atoms with Crippen LogP contribution in [-0.4, -0.2) is 38.4 Å². The first-order chi connectivity index (χ1) is 11.2. The first-order valence-corrected chi connectivity index (χ1v) is 7.65. The van der Waals surface area contributed by atoms with Crippen LogP contribution in [0.4, 0.5) is 5.69 Å². The molecule has 0 radical (unpaired) electrons. The molecule has 0 atom stereocenters. The molecule has 0 saturated carbocycles. The second-order valence-corrected chi connectivity index (χ2v) is 5.10. The van der Waals surface area contributed by atoms with Crippen LogP contribution in [0, 0.1) is 0 Å². The van der Waals surface area contributed by atoms with Crippen LogP contribution < -0.4 is 4.90 Å². The Balaban J connectivity index is 1.92. The van der Waals surface area contributed by atoms with Crippen molar-refractivity contribution in [2.24, 2.45) is 0 Å². The van der Waals surface area contributed by atoms with Crippen molar-refractivity contribution >= 4 is 5.69 Å². The number of aromatic nitrogens is 4. The van der Waals surface area contributed by atoms with Gasteiger partial charge in [-0.2, -0.15) is 5.10 Å². The summed E-state index contributed by atoms with van der Waals surface area (Å²) >= 11 is 0. The largest absolute Gasteiger partial charge is 0.507 e. The highest BCUT2D eigenvalue weighted by Gasteiger charge is 2.13. The first-order valence-electron chi connectivity index (χ1n) is 7.65. The molecule has 0 amide bonds. The third-order valence-electron chi connectivity index (χ3n) is 3.74. The molecular weight excluding hydrogens is 290 g/mol. The van der Waals surface area contributed by atoms with Crippen LogP contribution in [0.25, 0.3) is 22.9 Å². The lowest BCUT2D eigenvalue weighted by Crippen LogP contribution is -2.21. The van der Waals surface area contributed by atoms with Crippen LogP contribution in [0.5, 0.6) is 5.75 Å². The molecule has 0 unspecified atom stereocenters. The molecule has 0 bridgehead atoms. The number of aromatic hydroxyl groups is 1. The Morgan fingerprint density at radius 3 is 2.61 bits per heavy atom. The SMILES string of the molecule is CCN(CC)c1ccc(-c2n[nH]c(-c3ccccn3)n2)c(O)c1. The monoisotopic (exact) mass is 309 g/mol. The lowest BCUT2D eigenvalue weighted by Gasteiger charge is -2.21. The molecule has 2 heterocycles. The van der Waals surface area contributed by atoms with Crippen LogP contribution in [0.3, 0.4) is 0 Å². The second-order valence-electron chi connectivity index (χ2n) is 5.10. The third kappa shape index (κ3) is 3.01. The average molecular weight is 309 g/mol. The van der Waals surface area contributed by atoms with Gasteiger partial charge < -0.3 is 10.0 Å². The summed E-state index contributed by atoms with van der Waals surface area (Å²) in [5.41, 5.74) is 2.29. The molecule has 2 aromatic heterocycles. The maximum absolute atomic E-state index is 10.3. The molecule has 3 rings (SSSR count). The lowest BCUT2D eigenvalue weighted by atomic mass is 10.1. The normalized spacial score (nSPS) is 10.7. The number of hydrogen-bond acceptors (Lipinski definition) is 5. The van der Waals surface area contributed by atoms with E-state index in [1.165, 1.54) is 0 Å². The molecule has 6 heteroatoms. The van der Waals surface area contributed by atoms with Gasteiger partial charge in [-0.25, -0.2) is 4.98 Å². The fraction of sp³-hybridized carbons (Fsp3) is 0.235. The van der Waals surface area contributed by atoms with E-state index >= 15 is 0 Å². The van der Waals surface area contributed by atoms with E-state index in [0.29, 0.717) is 22.9 Å². The van der Waals surface area contributed by atoms with E-state index in [0.717, 1.165) is 18.8 Å². The number of phenolic OH excluding ortho intramolecular Hbond substituents is 1. The van der Waals surface area contributed by atoms with Gasteiger partial charge in [-0.1, -0.05) is 6.07 Å². The average Bonchev–Trinajstić information content (AvgIpc) is 3.07. The summed E-state index contributed by atoms with van der Waals surface area (Å²) < 4.78 is 0. The standard InChI is InChI=1S/C17H19N5O/c1-3-22(4-2)12-8-9-13(15(23)11-12)16-19-17(21-20-16)14-7-5-6-10-18-14/h5-11,23H,3-4H2,1-2H3,(H,19,20,21). The Hall–Kier alpha value is -2.89. The summed E-state index contributed by atoms with van der Waals surface area (Å²) in [6.45, 7) is 5.95. The van der Waals surface area contributed by atoms with Crippen LogP contribution in [0.15, 0.2) is 42.6 Å². The van der Waals surface area contributed by atoms with Gasteiger partial charge in [-0.15, -0.1) is 0 Å². The fourth-order valence-electron chi connectivity index (χ4n) is 2.49. The molecular formula is C17H19N5O. The maximum Gasteiger partial charge on any atom is 0.185 e. The smallest absolute Gasteiger partial charge is 0.185 e. The number of anilines is 1. The molecule has 6 nitrogen and oxygen atoms in total. The number of nitrogens with one attached hydrogen (secondary N) is 1. The van der Waals surface area contributed by atoms with Crippen molar-refractivity contribution in [1.29, 1.82) is 0 Å². The zero-order valence-electron chi connectivity index (χ0n) is 13.2. The van der Waals surface area contributed by atoms with Crippen molar-refractivity contribution in [3.05, 3.63) is 42.6 Å². The van der Waals surface area contributed by atoms with E-state index in [9.17, 15) is 5.11 Å². The molecule has 0 fully saturated rings. The highest BCUT2D eigenvalue weighted by molar-refractivity contribution is 5.69. The lowest BCUT2D eigenvalue weighted by molar-refractivity contribution is 0.477. The van der Waals surface area contributed by atoms with Gasteiger partial charge in [0.15, 0.2) is 11.6 Å². The van der Waals surface area contributed by atoms with Gasteiger partial charge in [0.1, 0.15) is 11.4 Å². The van der Waals surface area contributed by atoms with E-state index in [2.05, 4.69) is 38.9 Å². The summed E-state index contributed by atoms with van der Waals surface area (Å²) in [7, 11) is 0. The minimum Gasteiger partial charge on any atom is -0.507 e. The van der Waals surface area contributed by atoms with Gasteiger partial charge in [0.05, 0.1) is 5.56 Å². The topological polar surface area (TPSA) is 77.9 Å². The Bertz CT molecular complexity index is 781. The number of hydrogen-bond donors (Lipinski definition) is 2. The van der Waals surface area contributed by atoms with Crippen molar-refractivity contribution in [2.75, 3.05) is 18.0 Å². The number of pyridine rings is 1. The van der Waals surface area contributed by atoms with E-state index in [4.69, 9.17) is 0 Å². The molecule has 0 aliphatic rings. The van der Waals surface area contributed by atoms with Crippen LogP contribution >= 0.6 is 0 Å². The summed E-state index contributed by atoms with van der Waals surface area (Å²) in [4.78, 5) is 10.8. The van der Waals surface area contributed by atoms with Crippen LogP contribution in [0.1, 0.15) is 13.8 Å². The first kappa shape index (κ1) is 15.0. The minimum atomic E-state index is 0.168. The van der Waals surface area contributed by atoms with E-state index in [-0.39, 0.29) is 5.75 Å². The number of benzene rings is 1. The summed E-state index contributed by atoms with van der Waals surface area (Å²) in [6.07, 6.45) is 1.70. The molecule has 1 aromatic carbocycles. The van der Waals surface area contributed by atoms with Gasteiger partial charge in [0.25, 0.3) is 0 Å². The van der Waals surface area contributed by atoms with Gasteiger partial charge in [0.2, 0.25) is 0 Å². The number of rotatable bonds is 5. The molecule has 0 aliphatic carbocycles. The van der Waals surface area contributed by atoms with E-state index in [1.807, 2.05) is 30.3 Å². The summed E-state index contributed by atoms with van der Waals surface area (Å²) in [6, 6.07) is 11.2. The Morgan fingerprint density at radius 1 is 1.13 bits per heavy atom. The quantitative estimate of drug-likeness (QED) is 0.757. The van der Waals surface area contributed by atoms with Gasteiger partial charge in [-0.3, -0.25) is 10.1 Å². The van der Waals surface area contributed by atoms with Crippen molar-refractivity contribution in [3.63, 3.8) is 0 Å². The van der Waals surface area contributed by atoms with E-state index in [1.54, 1.807) is 12.3 Å². The van der Waals surface area contributed by atoms with Gasteiger partial charge in [-0.05, 0) is 38.1 Å². The van der Waals surface area contributed by atoms with Crippen molar-refractivity contribution in [1.82, 2.24) is 20.2 Å². The molecule has 118 valence electrons. The maximum atomic E-state index is 10.3. The third-order valence-corrected chi connectivity index (χ3v) is 3.74. The fourth-order valence-corrected chi connectivity index (χ4v) is 2.49. The molecule has 23 heavy (non-hydrogen) atoms. The molecule has 0 spiro atoms. The Labute approximate surface area is 134 Å². The molecule has 2 N–H and O–H groups in total. The minimum absolute atomic E-state index is 0.168. The molecule has 3 aromatic rings. The summed E-state index contributed by atoms with van der Waals surface area (Å²) in [5, 5.41) is 17.4. The van der Waals surface area contributed by atoms with Crippen molar-refractivity contribution in [3.8, 4) is 28.7 Å². The van der Waals surface area contributed by atoms with Crippen molar-refractivity contribution in [2.45, 2.75) is 13.8 Å². The number of aromatic amines is 1. The van der Waals surface area contributed by atoms with E-state index < -0.39 is 0 Å². The second kappa shape index (κ2) is 6.48. The Kier molecular flexibility index (Phi) is 4.23.